The Hall–Kier alpha value is 1.28. The fourth-order valence-corrected chi connectivity index (χ4v) is 0. The van der Waals surface area contributed by atoms with Crippen molar-refractivity contribution in [1.29, 1.82) is 0 Å². The van der Waals surface area contributed by atoms with Gasteiger partial charge in [0.05, 0.1) is 0 Å². The van der Waals surface area contributed by atoms with E-state index in [-0.39, 0.29) is 37.4 Å². The van der Waals surface area contributed by atoms with Crippen molar-refractivity contribution in [3.8, 4) is 0 Å². The Kier molecular flexibility index (Phi) is 131. The minimum atomic E-state index is 0. The van der Waals surface area contributed by atoms with Crippen LogP contribution in [0.15, 0.2) is 0 Å². The van der Waals surface area contributed by atoms with Gasteiger partial charge in [-0.15, -0.1) is 0 Å². The van der Waals surface area contributed by atoms with Crippen LogP contribution in [0.3, 0.4) is 0 Å². The normalized spacial score (nSPS) is 1.00. The minimum Gasteiger partial charge on any atom is -0.279 e. The van der Waals surface area contributed by atoms with E-state index in [2.05, 4.69) is 0 Å². The van der Waals surface area contributed by atoms with Gasteiger partial charge in [-0.3, -0.25) is 4.57 Å². The fourth-order valence-electron chi connectivity index (χ4n) is 0. The van der Waals surface area contributed by atoms with Crippen LogP contribution >= 0.6 is 9.12 Å². The Morgan fingerprint density at radius 3 is 1.25 bits per heavy atom. The second-order valence-corrected chi connectivity index (χ2v) is 0. The number of rotatable bonds is 0. The van der Waals surface area contributed by atoms with Gasteiger partial charge < -0.3 is 0 Å². The van der Waals surface area contributed by atoms with E-state index >= 15 is 0 Å². The topological polar surface area (TPSA) is 17.1 Å². The van der Waals surface area contributed by atoms with E-state index in [4.69, 9.17) is 4.57 Å². The van der Waals surface area contributed by atoms with Crippen molar-refractivity contribution >= 4 is 28.0 Å². The van der Waals surface area contributed by atoms with Crippen LogP contribution < -0.4 is 0 Å². The van der Waals surface area contributed by atoms with Gasteiger partial charge in [-0.05, 0) is 0 Å². The third-order valence-electron chi connectivity index (χ3n) is 0. The van der Waals surface area contributed by atoms with E-state index in [1.165, 1.54) is 0 Å². The summed E-state index contributed by atoms with van der Waals surface area (Å²) in [5.41, 5.74) is 0. The largest absolute Gasteiger partial charge is 0.279 e. The molecule has 4 heteroatoms. The van der Waals surface area contributed by atoms with E-state index < -0.39 is 0 Å². The smallest absolute Gasteiger partial charge is 0.138 e. The zero-order chi connectivity index (χ0) is 2.00. The average molecular weight is 106 g/mol. The fraction of sp³-hybridized carbons (Fsp3) is 0. The average Bonchev–Trinajstić information content (AvgIpc) is 1.00. The molecule has 18 valence electrons. The van der Waals surface area contributed by atoms with Gasteiger partial charge in [0, 0.05) is 37.4 Å². The molecule has 0 saturated heterocycles. The quantitative estimate of drug-likeness (QED) is 0.316. The summed E-state index contributed by atoms with van der Waals surface area (Å²) in [6.45, 7) is 0. The van der Waals surface area contributed by atoms with E-state index in [9.17, 15) is 0 Å². The van der Waals surface area contributed by atoms with Crippen LogP contribution in [0, 0.1) is 0 Å². The molecule has 0 rings (SSSR count). The summed E-state index contributed by atoms with van der Waals surface area (Å²) >= 11 is 0. The second kappa shape index (κ2) is 28.1. The summed E-state index contributed by atoms with van der Waals surface area (Å²) in [6, 6.07) is 0. The standard InChI is InChI=1S/Li.HOP.V/c;1-2;/h;2H;. The van der Waals surface area contributed by atoms with Crippen molar-refractivity contribution in [2.75, 3.05) is 0 Å². The van der Waals surface area contributed by atoms with Gasteiger partial charge in [0.2, 0.25) is 0 Å². The molecule has 1 nitrogen and oxygen atoms in total. The van der Waals surface area contributed by atoms with Crippen LogP contribution in [0.1, 0.15) is 0 Å². The first-order valence-corrected chi connectivity index (χ1v) is 0.612. The Morgan fingerprint density at radius 2 is 1.25 bits per heavy atom. The monoisotopic (exact) mass is 106 g/mol. The maximum atomic E-state index is 8.06. The zero-order valence-electron chi connectivity index (χ0n) is 2.36. The Morgan fingerprint density at radius 1 is 1.25 bits per heavy atom. The van der Waals surface area contributed by atoms with Gasteiger partial charge in [0.15, 0.2) is 0 Å². The third kappa shape index (κ3) is 10.4. The first-order chi connectivity index (χ1) is 1.00. The Bertz CT molecular complexity index is 8.00. The maximum absolute atomic E-state index is 8.06. The van der Waals surface area contributed by atoms with E-state index in [0.29, 0.717) is 0 Å². The van der Waals surface area contributed by atoms with Crippen LogP contribution in [0.25, 0.3) is 0 Å². The van der Waals surface area contributed by atoms with Crippen molar-refractivity contribution in [3.05, 3.63) is 0 Å². The summed E-state index contributed by atoms with van der Waals surface area (Å²) in [7, 11) is 1.72. The first kappa shape index (κ1) is 18.6. The van der Waals surface area contributed by atoms with Crippen molar-refractivity contribution in [2.45, 2.75) is 0 Å². The molecule has 0 aromatic rings. The SMILES string of the molecule is O=P.[Li].[V]. The van der Waals surface area contributed by atoms with Crippen LogP contribution in [0.2, 0.25) is 0 Å². The molecule has 0 fully saturated rings. The van der Waals surface area contributed by atoms with Gasteiger partial charge in [-0.25, -0.2) is 0 Å². The summed E-state index contributed by atoms with van der Waals surface area (Å²) in [5, 5.41) is 0. The molecule has 0 unspecified atom stereocenters. The molecule has 0 aromatic heterocycles. The van der Waals surface area contributed by atoms with E-state index in [1.54, 1.807) is 9.12 Å². The van der Waals surface area contributed by atoms with Crippen molar-refractivity contribution in [1.82, 2.24) is 0 Å². The summed E-state index contributed by atoms with van der Waals surface area (Å²) in [6.07, 6.45) is 0. The molecule has 0 N–H and O–H groups in total. The molecular formula is HLiOPV. The Labute approximate surface area is 51.2 Å². The third-order valence-corrected chi connectivity index (χ3v) is 0. The first-order valence-electron chi connectivity index (χ1n) is 0.204. The van der Waals surface area contributed by atoms with Crippen molar-refractivity contribution in [2.24, 2.45) is 0 Å². The van der Waals surface area contributed by atoms with Crippen LogP contribution in [0.4, 0.5) is 0 Å². The molecule has 0 aromatic carbocycles. The molecule has 4 heavy (non-hydrogen) atoms. The maximum Gasteiger partial charge on any atom is 0.138 e. The van der Waals surface area contributed by atoms with Crippen LogP contribution in [-0.4, -0.2) is 18.9 Å². The van der Waals surface area contributed by atoms with E-state index in [1.807, 2.05) is 0 Å². The van der Waals surface area contributed by atoms with Gasteiger partial charge in [-0.1, -0.05) is 0 Å². The molecule has 0 aliphatic rings. The van der Waals surface area contributed by atoms with Gasteiger partial charge in [0.25, 0.3) is 0 Å². The molecule has 0 aliphatic carbocycles. The minimum absolute atomic E-state index is 0. The second-order valence-electron chi connectivity index (χ2n) is 0. The summed E-state index contributed by atoms with van der Waals surface area (Å²) in [5.74, 6) is 0. The number of hydrogen-bond acceptors (Lipinski definition) is 1. The summed E-state index contributed by atoms with van der Waals surface area (Å²) < 4.78 is 8.06. The molecule has 2 radical (unpaired) electrons. The van der Waals surface area contributed by atoms with Gasteiger partial charge >= 0.3 is 0 Å². The molecule has 0 aliphatic heterocycles. The molecule has 0 atom stereocenters. The zero-order valence-corrected chi connectivity index (χ0v) is 4.75. The van der Waals surface area contributed by atoms with Gasteiger partial charge in [-0.2, -0.15) is 0 Å². The molecule has 0 heterocycles. The molecule has 0 spiro atoms. The Balaban J connectivity index is -0.00000000500. The van der Waals surface area contributed by atoms with Crippen molar-refractivity contribution in [3.63, 3.8) is 0 Å². The molecule has 0 bridgehead atoms. The van der Waals surface area contributed by atoms with Crippen LogP contribution in [0.5, 0.6) is 0 Å². The van der Waals surface area contributed by atoms with E-state index in [0.717, 1.165) is 0 Å². The molecular weight excluding hydrogens is 105 g/mol. The predicted molar refractivity (Wildman–Crippen MR) is 14.8 cm³/mol. The number of hydrogen-bond donors (Lipinski definition) is 0. The van der Waals surface area contributed by atoms with Crippen LogP contribution in [-0.2, 0) is 23.1 Å². The molecule has 0 amide bonds. The molecule has 0 saturated carbocycles. The predicted octanol–water partition coefficient (Wildman–Crippen LogP) is 0.0914. The van der Waals surface area contributed by atoms with Gasteiger partial charge in [0.1, 0.15) is 9.12 Å². The summed E-state index contributed by atoms with van der Waals surface area (Å²) in [4.78, 5) is 0. The van der Waals surface area contributed by atoms with Crippen molar-refractivity contribution < 1.29 is 23.1 Å².